The number of methoxy groups -OCH3 is 1. The molecule has 0 unspecified atom stereocenters. The lowest BCUT2D eigenvalue weighted by Gasteiger charge is -2.17. The third kappa shape index (κ3) is 4.23. The van der Waals surface area contributed by atoms with Gasteiger partial charge in [0.1, 0.15) is 35.3 Å². The molecule has 0 aliphatic carbocycles. The highest BCUT2D eigenvalue weighted by Crippen LogP contribution is 2.43. The molecule has 0 atom stereocenters. The van der Waals surface area contributed by atoms with E-state index in [0.29, 0.717) is 45.7 Å². The number of nitriles is 1. The number of benzene rings is 1. The summed E-state index contributed by atoms with van der Waals surface area (Å²) in [6.45, 7) is 0.428. The third-order valence-electron chi connectivity index (χ3n) is 4.09. The Balaban J connectivity index is 1.91. The minimum atomic E-state index is 0.114. The van der Waals surface area contributed by atoms with Gasteiger partial charge in [-0.2, -0.15) is 5.26 Å². The van der Waals surface area contributed by atoms with E-state index in [1.807, 2.05) is 6.07 Å². The van der Waals surface area contributed by atoms with Crippen LogP contribution in [0.4, 0.5) is 17.6 Å². The first-order chi connectivity index (χ1) is 14.0. The van der Waals surface area contributed by atoms with Gasteiger partial charge in [-0.15, -0.1) is 0 Å². The maximum Gasteiger partial charge on any atom is 0.219 e. The van der Waals surface area contributed by atoms with E-state index in [2.05, 4.69) is 25.3 Å². The minimum absolute atomic E-state index is 0.114. The predicted molar refractivity (Wildman–Crippen MR) is 112 cm³/mol. The van der Waals surface area contributed by atoms with E-state index >= 15 is 0 Å². The van der Waals surface area contributed by atoms with Gasteiger partial charge in [-0.3, -0.25) is 0 Å². The number of nitrogen functional groups attached to an aromatic ring is 2. The summed E-state index contributed by atoms with van der Waals surface area (Å²) in [7, 11) is 1.54. The largest absolute Gasteiger partial charge is 0.496 e. The van der Waals surface area contributed by atoms with Gasteiger partial charge in [0.2, 0.25) is 5.95 Å². The molecule has 3 rings (SSSR count). The van der Waals surface area contributed by atoms with Crippen LogP contribution in [0.3, 0.4) is 0 Å². The Labute approximate surface area is 176 Å². The quantitative estimate of drug-likeness (QED) is 0.535. The highest BCUT2D eigenvalue weighted by atomic mass is 35.5. The average Bonchev–Trinajstić information content (AvgIpc) is 2.71. The molecule has 0 bridgehead atoms. The van der Waals surface area contributed by atoms with Crippen LogP contribution in [0, 0.1) is 11.3 Å². The number of nitrogens with zero attached hydrogens (tertiary/aromatic N) is 5. The van der Waals surface area contributed by atoms with Crippen molar-refractivity contribution < 1.29 is 4.74 Å². The van der Waals surface area contributed by atoms with Gasteiger partial charge in [-0.25, -0.2) is 19.9 Å². The highest BCUT2D eigenvalue weighted by molar-refractivity contribution is 6.44. The molecule has 1 aromatic carbocycles. The van der Waals surface area contributed by atoms with Crippen LogP contribution in [0.25, 0.3) is 11.1 Å². The fraction of sp³-hybridized carbons (Fsp3) is 0.167. The van der Waals surface area contributed by atoms with Crippen LogP contribution in [-0.4, -0.2) is 33.6 Å². The number of hydrogen-bond donors (Lipinski definition) is 3. The molecule has 0 saturated carbocycles. The van der Waals surface area contributed by atoms with Crippen LogP contribution in [0.15, 0.2) is 24.8 Å². The van der Waals surface area contributed by atoms with Crippen molar-refractivity contribution >= 4 is 40.8 Å². The molecule has 11 heteroatoms. The maximum atomic E-state index is 9.22. The zero-order valence-electron chi connectivity index (χ0n) is 15.3. The molecule has 0 aliphatic rings. The number of nitrogens with one attached hydrogen (secondary N) is 1. The second kappa shape index (κ2) is 8.77. The Hall–Kier alpha value is -3.35. The number of ether oxygens (including phenoxy) is 1. The van der Waals surface area contributed by atoms with E-state index in [1.165, 1.54) is 13.4 Å². The monoisotopic (exact) mass is 430 g/mol. The highest BCUT2D eigenvalue weighted by Gasteiger charge is 2.19. The van der Waals surface area contributed by atoms with E-state index in [9.17, 15) is 5.26 Å². The summed E-state index contributed by atoms with van der Waals surface area (Å²) in [4.78, 5) is 15.9. The van der Waals surface area contributed by atoms with Crippen LogP contribution in [0.1, 0.15) is 11.1 Å². The second-order valence-corrected chi connectivity index (χ2v) is 6.63. The Morgan fingerprint density at radius 3 is 2.55 bits per heavy atom. The average molecular weight is 431 g/mol. The summed E-state index contributed by atoms with van der Waals surface area (Å²) < 4.78 is 5.61. The topological polar surface area (TPSA) is 149 Å². The van der Waals surface area contributed by atoms with Crippen LogP contribution in [0.5, 0.6) is 5.75 Å². The van der Waals surface area contributed by atoms with Gasteiger partial charge in [0.25, 0.3) is 0 Å². The summed E-state index contributed by atoms with van der Waals surface area (Å²) >= 11 is 12.8. The second-order valence-electron chi connectivity index (χ2n) is 5.84. The number of rotatable bonds is 6. The number of halogens is 2. The molecule has 9 nitrogen and oxygen atoms in total. The number of aromatic nitrogens is 4. The zero-order valence-corrected chi connectivity index (χ0v) is 16.8. The standard InChI is InChI=1S/C18H16Cl2N8O/c1-29-15-9(2-3-24-17-11(5-21)16(22)27-8-28-17)4-12(19)14(20)13(15)10-6-25-18(23)26-7-10/h4,6-8H,2-3H2,1H3,(H2,23,25,26)(H3,22,24,27,28). The van der Waals surface area contributed by atoms with Gasteiger partial charge in [0.15, 0.2) is 0 Å². The molecule has 0 spiro atoms. The van der Waals surface area contributed by atoms with Gasteiger partial charge in [0.05, 0.1) is 17.2 Å². The fourth-order valence-corrected chi connectivity index (χ4v) is 3.24. The van der Waals surface area contributed by atoms with Gasteiger partial charge >= 0.3 is 0 Å². The molecular formula is C18H16Cl2N8O. The molecule has 0 aliphatic heterocycles. The van der Waals surface area contributed by atoms with Crippen molar-refractivity contribution in [2.45, 2.75) is 6.42 Å². The Morgan fingerprint density at radius 2 is 1.90 bits per heavy atom. The smallest absolute Gasteiger partial charge is 0.219 e. The van der Waals surface area contributed by atoms with Crippen LogP contribution in [0.2, 0.25) is 10.0 Å². The molecular weight excluding hydrogens is 415 g/mol. The van der Waals surface area contributed by atoms with E-state index in [4.69, 9.17) is 39.4 Å². The molecule has 2 heterocycles. The lowest BCUT2D eigenvalue weighted by molar-refractivity contribution is 0.411. The van der Waals surface area contributed by atoms with Crippen molar-refractivity contribution in [2.24, 2.45) is 0 Å². The van der Waals surface area contributed by atoms with E-state index in [0.717, 1.165) is 5.56 Å². The number of nitrogens with two attached hydrogens (primary N) is 2. The van der Waals surface area contributed by atoms with Crippen molar-refractivity contribution in [1.29, 1.82) is 5.26 Å². The molecule has 3 aromatic rings. The van der Waals surface area contributed by atoms with Gasteiger partial charge < -0.3 is 21.5 Å². The van der Waals surface area contributed by atoms with Crippen LogP contribution in [-0.2, 0) is 6.42 Å². The molecule has 0 fully saturated rings. The van der Waals surface area contributed by atoms with Gasteiger partial charge in [-0.1, -0.05) is 23.2 Å². The Morgan fingerprint density at radius 1 is 1.17 bits per heavy atom. The Kier molecular flexibility index (Phi) is 6.16. The summed E-state index contributed by atoms with van der Waals surface area (Å²) in [5.74, 6) is 1.15. The molecule has 148 valence electrons. The van der Waals surface area contributed by atoms with Crippen molar-refractivity contribution in [3.8, 4) is 22.9 Å². The normalized spacial score (nSPS) is 10.4. The molecule has 2 aromatic heterocycles. The summed E-state index contributed by atoms with van der Waals surface area (Å²) in [6.07, 6.45) is 4.88. The molecule has 0 amide bonds. The van der Waals surface area contributed by atoms with Crippen LogP contribution >= 0.6 is 23.2 Å². The van der Waals surface area contributed by atoms with Gasteiger partial charge in [0, 0.05) is 30.1 Å². The first-order valence-corrected chi connectivity index (χ1v) is 9.09. The molecule has 29 heavy (non-hydrogen) atoms. The predicted octanol–water partition coefficient (Wildman–Crippen LogP) is 2.94. The molecule has 0 radical (unpaired) electrons. The van der Waals surface area contributed by atoms with Crippen molar-refractivity contribution in [3.63, 3.8) is 0 Å². The summed E-state index contributed by atoms with van der Waals surface area (Å²) in [6, 6.07) is 3.71. The van der Waals surface area contributed by atoms with Crippen molar-refractivity contribution in [1.82, 2.24) is 19.9 Å². The minimum Gasteiger partial charge on any atom is -0.496 e. The Bertz CT molecular complexity index is 1080. The summed E-state index contributed by atoms with van der Waals surface area (Å²) in [5, 5.41) is 13.0. The number of anilines is 3. The summed E-state index contributed by atoms with van der Waals surface area (Å²) in [5.41, 5.74) is 13.4. The third-order valence-corrected chi connectivity index (χ3v) is 4.88. The maximum absolute atomic E-state index is 9.22. The molecule has 5 N–H and O–H groups in total. The lowest BCUT2D eigenvalue weighted by atomic mass is 10.0. The van der Waals surface area contributed by atoms with E-state index < -0.39 is 0 Å². The molecule has 0 saturated heterocycles. The first-order valence-electron chi connectivity index (χ1n) is 8.33. The zero-order chi connectivity index (χ0) is 21.0. The van der Waals surface area contributed by atoms with Gasteiger partial charge in [-0.05, 0) is 18.1 Å². The van der Waals surface area contributed by atoms with E-state index in [1.54, 1.807) is 18.5 Å². The van der Waals surface area contributed by atoms with E-state index in [-0.39, 0.29) is 17.3 Å². The fourth-order valence-electron chi connectivity index (χ4n) is 2.76. The number of hydrogen-bond acceptors (Lipinski definition) is 9. The van der Waals surface area contributed by atoms with Crippen molar-refractivity contribution in [3.05, 3.63) is 46.0 Å². The SMILES string of the molecule is COc1c(CCNc2ncnc(N)c2C#N)cc(Cl)c(Cl)c1-c1cnc(N)nc1. The lowest BCUT2D eigenvalue weighted by Crippen LogP contribution is -2.11. The first kappa shape index (κ1) is 20.4. The van der Waals surface area contributed by atoms with Crippen LogP contribution < -0.4 is 21.5 Å². The van der Waals surface area contributed by atoms with Crippen molar-refractivity contribution in [2.75, 3.05) is 30.4 Å².